The molecule has 0 bridgehead atoms. The molecule has 0 amide bonds. The molecular formula is C6H4ClNO4P+. The molecule has 0 aromatic heterocycles. The largest absolute Gasteiger partial charge is 0.683 e. The van der Waals surface area contributed by atoms with Crippen LogP contribution in [0.2, 0.25) is 0 Å². The molecule has 1 aromatic carbocycles. The lowest BCUT2D eigenvalue weighted by Crippen LogP contribution is -1.86. The summed E-state index contributed by atoms with van der Waals surface area (Å²) in [5.41, 5.74) is -0.0582. The Morgan fingerprint density at radius 3 is 2.31 bits per heavy atom. The standard InChI is InChI=1S/C6H4ClNO4P/c7-13(11)12-6-3-1-5(2-4-6)8(9)10/h1-4H/q+1. The van der Waals surface area contributed by atoms with E-state index in [1.54, 1.807) is 0 Å². The highest BCUT2D eigenvalue weighted by atomic mass is 35.7. The van der Waals surface area contributed by atoms with Gasteiger partial charge in [-0.3, -0.25) is 10.1 Å². The zero-order valence-electron chi connectivity index (χ0n) is 6.21. The molecule has 0 aliphatic heterocycles. The van der Waals surface area contributed by atoms with Crippen LogP contribution in [0.3, 0.4) is 0 Å². The topological polar surface area (TPSA) is 69.4 Å². The second-order valence-corrected chi connectivity index (χ2v) is 3.49. The van der Waals surface area contributed by atoms with Crippen LogP contribution in [0.15, 0.2) is 24.3 Å². The van der Waals surface area contributed by atoms with E-state index in [0.717, 1.165) is 0 Å². The fourth-order valence-electron chi connectivity index (χ4n) is 0.712. The van der Waals surface area contributed by atoms with E-state index in [1.165, 1.54) is 24.3 Å². The first kappa shape index (κ1) is 9.89. The van der Waals surface area contributed by atoms with Gasteiger partial charge in [0.2, 0.25) is 0 Å². The van der Waals surface area contributed by atoms with Crippen LogP contribution < -0.4 is 4.52 Å². The molecule has 0 heterocycles. The van der Waals surface area contributed by atoms with Crippen LogP contribution in [0.25, 0.3) is 0 Å². The summed E-state index contributed by atoms with van der Waals surface area (Å²) < 4.78 is 15.0. The minimum Gasteiger partial charge on any atom is -0.258 e. The van der Waals surface area contributed by atoms with E-state index in [0.29, 0.717) is 0 Å². The number of benzene rings is 1. The molecule has 13 heavy (non-hydrogen) atoms. The van der Waals surface area contributed by atoms with Crippen molar-refractivity contribution in [2.45, 2.75) is 0 Å². The fraction of sp³-hybridized carbons (Fsp3) is 0. The normalized spacial score (nSPS) is 10.7. The van der Waals surface area contributed by atoms with E-state index < -0.39 is 12.3 Å². The third kappa shape index (κ3) is 2.97. The summed E-state index contributed by atoms with van der Waals surface area (Å²) in [6, 6.07) is 5.14. The van der Waals surface area contributed by atoms with Gasteiger partial charge in [-0.05, 0) is 12.1 Å². The van der Waals surface area contributed by atoms with Gasteiger partial charge in [0.05, 0.1) is 4.92 Å². The van der Waals surface area contributed by atoms with Crippen molar-refractivity contribution in [2.24, 2.45) is 0 Å². The van der Waals surface area contributed by atoms with Gasteiger partial charge in [-0.1, -0.05) is 0 Å². The zero-order chi connectivity index (χ0) is 9.84. The molecule has 7 heteroatoms. The van der Waals surface area contributed by atoms with Crippen molar-refractivity contribution in [1.82, 2.24) is 0 Å². The maximum absolute atomic E-state index is 10.4. The molecule has 0 N–H and O–H groups in total. The van der Waals surface area contributed by atoms with Gasteiger partial charge in [0.25, 0.3) is 16.9 Å². The van der Waals surface area contributed by atoms with Crippen molar-refractivity contribution >= 4 is 24.3 Å². The van der Waals surface area contributed by atoms with Crippen molar-refractivity contribution in [3.05, 3.63) is 34.4 Å². The molecule has 0 fully saturated rings. The predicted octanol–water partition coefficient (Wildman–Crippen LogP) is 2.87. The molecule has 1 rings (SSSR count). The van der Waals surface area contributed by atoms with Gasteiger partial charge in [0.15, 0.2) is 5.75 Å². The first-order valence-electron chi connectivity index (χ1n) is 3.15. The van der Waals surface area contributed by atoms with Gasteiger partial charge in [-0.25, -0.2) is 4.52 Å². The van der Waals surface area contributed by atoms with Gasteiger partial charge in [0.1, 0.15) is 0 Å². The monoisotopic (exact) mass is 220 g/mol. The van der Waals surface area contributed by atoms with E-state index in [-0.39, 0.29) is 11.4 Å². The summed E-state index contributed by atoms with van der Waals surface area (Å²) in [4.78, 5) is 9.68. The lowest BCUT2D eigenvalue weighted by molar-refractivity contribution is -0.384. The lowest BCUT2D eigenvalue weighted by atomic mass is 10.3. The second-order valence-electron chi connectivity index (χ2n) is 2.05. The summed E-state index contributed by atoms with van der Waals surface area (Å²) in [7, 11) is -2.25. The van der Waals surface area contributed by atoms with Gasteiger partial charge >= 0.3 is 7.38 Å². The summed E-state index contributed by atoms with van der Waals surface area (Å²) >= 11 is 5.07. The number of nitro benzene ring substituents is 1. The highest BCUT2D eigenvalue weighted by molar-refractivity contribution is 7.70. The van der Waals surface area contributed by atoms with E-state index in [4.69, 9.17) is 11.2 Å². The molecule has 68 valence electrons. The maximum atomic E-state index is 10.4. The van der Waals surface area contributed by atoms with Crippen LogP contribution in [-0.2, 0) is 4.57 Å². The molecule has 0 spiro atoms. The summed E-state index contributed by atoms with van der Waals surface area (Å²) in [6.45, 7) is 0. The Morgan fingerprint density at radius 2 is 1.92 bits per heavy atom. The number of nitro groups is 1. The van der Waals surface area contributed by atoms with E-state index in [1.807, 2.05) is 0 Å². The zero-order valence-corrected chi connectivity index (χ0v) is 7.87. The van der Waals surface area contributed by atoms with Crippen LogP contribution in [0.5, 0.6) is 5.75 Å². The third-order valence-electron chi connectivity index (χ3n) is 1.22. The van der Waals surface area contributed by atoms with E-state index >= 15 is 0 Å². The molecular weight excluding hydrogens is 216 g/mol. The Morgan fingerprint density at radius 1 is 1.38 bits per heavy atom. The van der Waals surface area contributed by atoms with Crippen molar-refractivity contribution in [3.63, 3.8) is 0 Å². The minimum absolute atomic E-state index is 0.0582. The van der Waals surface area contributed by atoms with E-state index in [9.17, 15) is 14.7 Å². The van der Waals surface area contributed by atoms with Crippen LogP contribution in [0.1, 0.15) is 0 Å². The summed E-state index contributed by atoms with van der Waals surface area (Å²) in [5, 5.41) is 10.2. The molecule has 1 aromatic rings. The molecule has 1 unspecified atom stereocenters. The Bertz CT molecular complexity index is 339. The summed E-state index contributed by atoms with van der Waals surface area (Å²) in [6.07, 6.45) is 0. The number of rotatable bonds is 3. The van der Waals surface area contributed by atoms with Gasteiger partial charge in [-0.2, -0.15) is 0 Å². The Kier molecular flexibility index (Phi) is 3.17. The smallest absolute Gasteiger partial charge is 0.258 e. The Hall–Kier alpha value is -1.19. The number of hydrogen-bond donors (Lipinski definition) is 0. The molecule has 0 aliphatic rings. The van der Waals surface area contributed by atoms with Crippen molar-refractivity contribution in [2.75, 3.05) is 0 Å². The summed E-state index contributed by atoms with van der Waals surface area (Å²) in [5.74, 6) is 0.238. The van der Waals surface area contributed by atoms with Crippen molar-refractivity contribution < 1.29 is 14.0 Å². The third-order valence-corrected chi connectivity index (χ3v) is 1.79. The Labute approximate surface area is 79.1 Å². The number of hydrogen-bond acceptors (Lipinski definition) is 4. The van der Waals surface area contributed by atoms with Crippen LogP contribution >= 0.6 is 18.6 Å². The molecule has 0 saturated carbocycles. The number of nitrogens with zero attached hydrogens (tertiary/aromatic N) is 1. The second kappa shape index (κ2) is 4.16. The predicted molar refractivity (Wildman–Crippen MR) is 47.2 cm³/mol. The average molecular weight is 221 g/mol. The molecule has 0 aliphatic carbocycles. The quantitative estimate of drug-likeness (QED) is 0.446. The number of halogens is 1. The van der Waals surface area contributed by atoms with Crippen LogP contribution in [-0.4, -0.2) is 4.92 Å². The first-order valence-corrected chi connectivity index (χ1v) is 5.23. The molecule has 0 radical (unpaired) electrons. The van der Waals surface area contributed by atoms with Crippen LogP contribution in [0.4, 0.5) is 5.69 Å². The van der Waals surface area contributed by atoms with Gasteiger partial charge < -0.3 is 0 Å². The number of non-ortho nitro benzene ring substituents is 1. The SMILES string of the molecule is O=[N+]([O-])c1ccc(O[P+](=O)Cl)cc1. The maximum Gasteiger partial charge on any atom is 0.683 e. The highest BCUT2D eigenvalue weighted by Gasteiger charge is 2.15. The fourth-order valence-corrected chi connectivity index (χ4v) is 1.24. The highest BCUT2D eigenvalue weighted by Crippen LogP contribution is 2.31. The molecule has 5 nitrogen and oxygen atoms in total. The molecule has 0 saturated heterocycles. The van der Waals surface area contributed by atoms with E-state index in [2.05, 4.69) is 4.52 Å². The molecule has 1 atom stereocenters. The first-order chi connectivity index (χ1) is 6.09. The minimum atomic E-state index is -2.25. The van der Waals surface area contributed by atoms with Crippen LogP contribution in [0, 0.1) is 10.1 Å². The van der Waals surface area contributed by atoms with Gasteiger partial charge in [0, 0.05) is 16.7 Å². The lowest BCUT2D eigenvalue weighted by Gasteiger charge is -1.90. The van der Waals surface area contributed by atoms with Gasteiger partial charge in [-0.15, -0.1) is 0 Å². The Balaban J connectivity index is 2.81. The average Bonchev–Trinajstić information content (AvgIpc) is 2.04. The van der Waals surface area contributed by atoms with Crippen molar-refractivity contribution in [1.29, 1.82) is 0 Å². The van der Waals surface area contributed by atoms with Crippen molar-refractivity contribution in [3.8, 4) is 5.75 Å².